The Balaban J connectivity index is 1.14. The van der Waals surface area contributed by atoms with Gasteiger partial charge in [0.25, 0.3) is 0 Å². The van der Waals surface area contributed by atoms with Crippen molar-refractivity contribution in [3.8, 4) is 16.9 Å². The summed E-state index contributed by atoms with van der Waals surface area (Å²) in [6.07, 6.45) is 3.26. The molecule has 4 rings (SSSR count). The van der Waals surface area contributed by atoms with Gasteiger partial charge in [-0.1, -0.05) is 57.2 Å². The van der Waals surface area contributed by atoms with Gasteiger partial charge in [-0.05, 0) is 101 Å². The van der Waals surface area contributed by atoms with Crippen molar-refractivity contribution < 1.29 is 43.2 Å². The maximum Gasteiger partial charge on any atom is 0.305 e. The predicted molar refractivity (Wildman–Crippen MR) is 230 cm³/mol. The van der Waals surface area contributed by atoms with E-state index in [1.54, 1.807) is 12.3 Å². The van der Waals surface area contributed by atoms with Crippen LogP contribution in [0.25, 0.3) is 21.9 Å². The number of carbonyl (C=O) groups is 3. The number of rotatable bonds is 29. The number of benzene rings is 3. The first-order valence-corrected chi connectivity index (χ1v) is 20.6. The van der Waals surface area contributed by atoms with Gasteiger partial charge in [0.05, 0.1) is 65.3 Å². The van der Waals surface area contributed by atoms with Crippen molar-refractivity contribution in [2.45, 2.75) is 59.4 Å². The minimum atomic E-state index is -1.05. The SMILES string of the molecule is Cc1ccnc(NCCCC(=O)NCC(=O)N[C@@H](CC(=O)O)c2cccc(-c3ccc4cc(OCCOCCOCCOCCOCCC(C)C(C)C)ccc4c3)c2)c1. The second-order valence-corrected chi connectivity index (χ2v) is 14.9. The molecule has 0 aliphatic heterocycles. The number of nitrogens with one attached hydrogen (secondary N) is 3. The number of pyridine rings is 1. The van der Waals surface area contributed by atoms with Gasteiger partial charge in [0.15, 0.2) is 0 Å². The van der Waals surface area contributed by atoms with Crippen molar-refractivity contribution in [3.63, 3.8) is 0 Å². The van der Waals surface area contributed by atoms with Crippen LogP contribution in [-0.2, 0) is 33.3 Å². The third-order valence-corrected chi connectivity index (χ3v) is 9.86. The van der Waals surface area contributed by atoms with E-state index in [0.29, 0.717) is 83.2 Å². The summed E-state index contributed by atoms with van der Waals surface area (Å²) in [6, 6.07) is 22.5. The fourth-order valence-corrected chi connectivity index (χ4v) is 6.05. The summed E-state index contributed by atoms with van der Waals surface area (Å²) in [6.45, 7) is 13.7. The van der Waals surface area contributed by atoms with E-state index in [1.807, 2.05) is 67.6 Å². The van der Waals surface area contributed by atoms with Crippen molar-refractivity contribution >= 4 is 34.4 Å². The summed E-state index contributed by atoms with van der Waals surface area (Å²) in [5.74, 6) is 1.02. The zero-order valence-corrected chi connectivity index (χ0v) is 35.0. The number of aliphatic carboxylic acids is 1. The number of anilines is 1. The Bertz CT molecular complexity index is 1890. The van der Waals surface area contributed by atoms with Crippen LogP contribution in [0.3, 0.4) is 0 Å². The summed E-state index contributed by atoms with van der Waals surface area (Å²) in [5, 5.41) is 20.2. The molecule has 0 bridgehead atoms. The number of carbonyl (C=O) groups excluding carboxylic acids is 2. The number of fused-ring (bicyclic) bond motifs is 1. The topological polar surface area (TPSA) is 167 Å². The number of carboxylic acids is 1. The summed E-state index contributed by atoms with van der Waals surface area (Å²) in [7, 11) is 0. The fraction of sp³-hybridized carbons (Fsp3) is 0.478. The Morgan fingerprint density at radius 3 is 2.08 bits per heavy atom. The molecule has 1 heterocycles. The molecule has 1 aromatic heterocycles. The minimum absolute atomic E-state index is 0.228. The number of amides is 2. The van der Waals surface area contributed by atoms with Gasteiger partial charge in [0.1, 0.15) is 18.2 Å². The summed E-state index contributed by atoms with van der Waals surface area (Å²) in [4.78, 5) is 41.2. The van der Waals surface area contributed by atoms with E-state index in [4.69, 9.17) is 23.7 Å². The lowest BCUT2D eigenvalue weighted by Crippen LogP contribution is -2.39. The largest absolute Gasteiger partial charge is 0.491 e. The van der Waals surface area contributed by atoms with Crippen molar-refractivity contribution in [2.24, 2.45) is 11.8 Å². The number of hydrogen-bond acceptors (Lipinski definition) is 10. The number of ether oxygens (including phenoxy) is 5. The van der Waals surface area contributed by atoms with Crippen LogP contribution in [0.4, 0.5) is 5.82 Å². The van der Waals surface area contributed by atoms with Crippen molar-refractivity contribution in [2.75, 3.05) is 77.9 Å². The van der Waals surface area contributed by atoms with E-state index >= 15 is 0 Å². The summed E-state index contributed by atoms with van der Waals surface area (Å²) >= 11 is 0. The van der Waals surface area contributed by atoms with Crippen LogP contribution in [-0.4, -0.2) is 100 Å². The average molecular weight is 815 g/mol. The van der Waals surface area contributed by atoms with Crippen LogP contribution in [0.2, 0.25) is 0 Å². The highest BCUT2D eigenvalue weighted by Gasteiger charge is 2.19. The molecule has 0 spiro atoms. The first-order valence-electron chi connectivity index (χ1n) is 20.6. The van der Waals surface area contributed by atoms with E-state index in [0.717, 1.165) is 52.1 Å². The van der Waals surface area contributed by atoms with E-state index in [1.165, 1.54) is 0 Å². The maximum atomic E-state index is 12.8. The number of carboxylic acid groups (broad SMARTS) is 1. The highest BCUT2D eigenvalue weighted by atomic mass is 16.6. The Hall–Kier alpha value is -5.08. The average Bonchev–Trinajstić information content (AvgIpc) is 3.22. The quantitative estimate of drug-likeness (QED) is 0.0418. The predicted octanol–water partition coefficient (Wildman–Crippen LogP) is 6.98. The van der Waals surface area contributed by atoms with Gasteiger partial charge in [-0.25, -0.2) is 4.98 Å². The van der Waals surface area contributed by atoms with Gasteiger partial charge in [-0.3, -0.25) is 14.4 Å². The van der Waals surface area contributed by atoms with Gasteiger partial charge < -0.3 is 44.7 Å². The molecule has 0 aliphatic rings. The monoisotopic (exact) mass is 814 g/mol. The first-order chi connectivity index (χ1) is 28.6. The Morgan fingerprint density at radius 2 is 1.39 bits per heavy atom. The van der Waals surface area contributed by atoms with Crippen LogP contribution in [0.1, 0.15) is 63.6 Å². The standard InChI is InChI=1S/C46H62N4O9/c1-33(2)35(4)15-18-55-19-20-56-21-22-57-23-24-58-25-26-59-41-13-12-38-28-37(10-11-39(38)30-41)36-7-5-8-40(29-36)42(31-46(53)54)50-45(52)32-49-44(51)9-6-16-47-43-27-34(3)14-17-48-43/h5,7-8,10-14,17,27-30,33,35,42H,6,9,15-16,18-26,31-32H2,1-4H3,(H,47,48)(H,49,51)(H,50,52)(H,53,54)/t35?,42-/m0/s1. The van der Waals surface area contributed by atoms with E-state index in [-0.39, 0.29) is 25.3 Å². The van der Waals surface area contributed by atoms with Gasteiger partial charge >= 0.3 is 5.97 Å². The molecule has 0 radical (unpaired) electrons. The number of aryl methyl sites for hydroxylation is 1. The smallest absolute Gasteiger partial charge is 0.305 e. The molecule has 3 aromatic carbocycles. The maximum absolute atomic E-state index is 12.8. The third-order valence-electron chi connectivity index (χ3n) is 9.86. The second kappa shape index (κ2) is 26.1. The number of hydrogen-bond donors (Lipinski definition) is 4. The van der Waals surface area contributed by atoms with Gasteiger partial charge in [-0.15, -0.1) is 0 Å². The lowest BCUT2D eigenvalue weighted by atomic mass is 9.95. The molecular weight excluding hydrogens is 753 g/mol. The van der Waals surface area contributed by atoms with E-state index in [9.17, 15) is 19.5 Å². The molecule has 2 atom stereocenters. The first kappa shape index (κ1) is 46.6. The highest BCUT2D eigenvalue weighted by Crippen LogP contribution is 2.29. The molecule has 320 valence electrons. The molecule has 0 fully saturated rings. The zero-order valence-electron chi connectivity index (χ0n) is 35.0. The molecule has 1 unspecified atom stereocenters. The third kappa shape index (κ3) is 18.2. The molecular formula is C46H62N4O9. The highest BCUT2D eigenvalue weighted by molar-refractivity contribution is 5.89. The van der Waals surface area contributed by atoms with Crippen LogP contribution >= 0.6 is 0 Å². The minimum Gasteiger partial charge on any atom is -0.491 e. The van der Waals surface area contributed by atoms with E-state index in [2.05, 4.69) is 47.8 Å². The second-order valence-electron chi connectivity index (χ2n) is 14.9. The van der Waals surface area contributed by atoms with Crippen LogP contribution < -0.4 is 20.7 Å². The normalized spacial score (nSPS) is 12.3. The molecule has 2 amide bonds. The Kier molecular flexibility index (Phi) is 20.6. The molecule has 0 saturated heterocycles. The Labute approximate surface area is 348 Å². The molecule has 0 aliphatic carbocycles. The molecule has 4 aromatic rings. The number of nitrogens with zero attached hydrogens (tertiary/aromatic N) is 1. The lowest BCUT2D eigenvalue weighted by Gasteiger charge is -2.19. The molecule has 59 heavy (non-hydrogen) atoms. The molecule has 0 saturated carbocycles. The van der Waals surface area contributed by atoms with Crippen molar-refractivity contribution in [1.82, 2.24) is 15.6 Å². The fourth-order valence-electron chi connectivity index (χ4n) is 6.05. The number of aromatic nitrogens is 1. The van der Waals surface area contributed by atoms with Crippen LogP contribution in [0.15, 0.2) is 79.0 Å². The van der Waals surface area contributed by atoms with Crippen molar-refractivity contribution in [3.05, 3.63) is 90.1 Å². The Morgan fingerprint density at radius 1 is 0.729 bits per heavy atom. The molecule has 13 heteroatoms. The van der Waals surface area contributed by atoms with Crippen LogP contribution in [0.5, 0.6) is 5.75 Å². The zero-order chi connectivity index (χ0) is 42.2. The van der Waals surface area contributed by atoms with E-state index < -0.39 is 17.9 Å². The molecule has 4 N–H and O–H groups in total. The summed E-state index contributed by atoms with van der Waals surface area (Å²) < 4.78 is 28.3. The molecule has 13 nitrogen and oxygen atoms in total. The van der Waals surface area contributed by atoms with Gasteiger partial charge in [-0.2, -0.15) is 0 Å². The lowest BCUT2D eigenvalue weighted by molar-refractivity contribution is -0.138. The van der Waals surface area contributed by atoms with Gasteiger partial charge in [0, 0.05) is 25.8 Å². The van der Waals surface area contributed by atoms with Crippen LogP contribution in [0, 0.1) is 18.8 Å². The van der Waals surface area contributed by atoms with Crippen molar-refractivity contribution in [1.29, 1.82) is 0 Å². The summed E-state index contributed by atoms with van der Waals surface area (Å²) in [5.41, 5.74) is 3.54. The van der Waals surface area contributed by atoms with Gasteiger partial charge in [0.2, 0.25) is 11.8 Å².